The third-order valence-electron chi connectivity index (χ3n) is 6.47. The highest BCUT2D eigenvalue weighted by atomic mass is 16.5. The van der Waals surface area contributed by atoms with Crippen LogP contribution in [0.25, 0.3) is 11.0 Å². The molecule has 0 bridgehead atoms. The fourth-order valence-electron chi connectivity index (χ4n) is 4.78. The van der Waals surface area contributed by atoms with E-state index in [1.807, 2.05) is 0 Å². The first kappa shape index (κ1) is 19.4. The van der Waals surface area contributed by atoms with Crippen molar-refractivity contribution in [2.75, 3.05) is 13.7 Å². The van der Waals surface area contributed by atoms with Gasteiger partial charge in [0.25, 0.3) is 17.7 Å². The van der Waals surface area contributed by atoms with Crippen LogP contribution in [0, 0.1) is 0 Å². The summed E-state index contributed by atoms with van der Waals surface area (Å²) in [5.74, 6) is -0.315. The molecular formula is C23H18N4O6. The molecule has 0 radical (unpaired) electrons. The van der Waals surface area contributed by atoms with Crippen molar-refractivity contribution in [3.8, 4) is 5.75 Å². The number of hydrogen-bond acceptors (Lipinski definition) is 6. The van der Waals surface area contributed by atoms with Crippen LogP contribution < -0.4 is 20.7 Å². The summed E-state index contributed by atoms with van der Waals surface area (Å²) in [7, 11) is 1.52. The van der Waals surface area contributed by atoms with Gasteiger partial charge in [-0.15, -0.1) is 0 Å². The summed E-state index contributed by atoms with van der Waals surface area (Å²) in [6, 6.07) is 9.55. The van der Waals surface area contributed by atoms with Crippen LogP contribution in [-0.4, -0.2) is 42.3 Å². The minimum Gasteiger partial charge on any atom is -0.497 e. The second kappa shape index (κ2) is 6.58. The van der Waals surface area contributed by atoms with Gasteiger partial charge in [0, 0.05) is 29.6 Å². The molecule has 10 heteroatoms. The van der Waals surface area contributed by atoms with Crippen molar-refractivity contribution in [3.05, 3.63) is 64.4 Å². The van der Waals surface area contributed by atoms with Crippen molar-refractivity contribution in [1.29, 1.82) is 0 Å². The molecule has 33 heavy (non-hydrogen) atoms. The number of rotatable bonds is 4. The highest BCUT2D eigenvalue weighted by molar-refractivity contribution is 6.09. The van der Waals surface area contributed by atoms with Gasteiger partial charge in [-0.3, -0.25) is 19.7 Å². The Bertz CT molecular complexity index is 1410. The molecule has 0 aliphatic carbocycles. The number of nitrogens with one attached hydrogen (secondary N) is 3. The van der Waals surface area contributed by atoms with Gasteiger partial charge in [0.05, 0.1) is 13.7 Å². The lowest BCUT2D eigenvalue weighted by molar-refractivity contribution is -0.125. The van der Waals surface area contributed by atoms with Crippen LogP contribution in [0.5, 0.6) is 5.75 Å². The summed E-state index contributed by atoms with van der Waals surface area (Å²) in [5.41, 5.74) is 1.47. The Balaban J connectivity index is 1.42. The minimum absolute atomic E-state index is 0.125. The van der Waals surface area contributed by atoms with E-state index in [-0.39, 0.29) is 30.7 Å². The highest BCUT2D eigenvalue weighted by Crippen LogP contribution is 2.37. The Morgan fingerprint density at radius 3 is 2.70 bits per heavy atom. The van der Waals surface area contributed by atoms with Gasteiger partial charge < -0.3 is 24.7 Å². The summed E-state index contributed by atoms with van der Waals surface area (Å²) in [5, 5.41) is 8.39. The summed E-state index contributed by atoms with van der Waals surface area (Å²) in [6.45, 7) is 0.495. The Hall–Kier alpha value is -4.34. The fourth-order valence-corrected chi connectivity index (χ4v) is 4.78. The molecule has 1 atom stereocenters. The van der Waals surface area contributed by atoms with Crippen molar-refractivity contribution in [1.82, 2.24) is 20.9 Å². The summed E-state index contributed by atoms with van der Waals surface area (Å²) in [6.07, 6.45) is 0. The number of methoxy groups -OCH3 is 1. The molecule has 3 aliphatic heterocycles. The molecular weight excluding hydrogens is 428 g/mol. The van der Waals surface area contributed by atoms with Gasteiger partial charge in [0.15, 0.2) is 5.54 Å². The summed E-state index contributed by atoms with van der Waals surface area (Å²) < 4.78 is 11.2. The molecule has 5 amide bonds. The number of carbonyl (C=O) groups is 4. The molecule has 6 rings (SSSR count). The predicted octanol–water partition coefficient (Wildman–Crippen LogP) is 1.38. The molecule has 1 saturated heterocycles. The molecule has 0 saturated carbocycles. The van der Waals surface area contributed by atoms with Gasteiger partial charge in [-0.2, -0.15) is 0 Å². The van der Waals surface area contributed by atoms with Crippen molar-refractivity contribution in [2.45, 2.75) is 18.6 Å². The van der Waals surface area contributed by atoms with E-state index in [1.165, 1.54) is 12.0 Å². The van der Waals surface area contributed by atoms with Gasteiger partial charge >= 0.3 is 6.03 Å². The van der Waals surface area contributed by atoms with Gasteiger partial charge in [-0.1, -0.05) is 6.07 Å². The Kier molecular flexibility index (Phi) is 3.86. The number of carbonyl (C=O) groups excluding carboxylic acids is 4. The largest absolute Gasteiger partial charge is 0.497 e. The Morgan fingerprint density at radius 2 is 1.94 bits per heavy atom. The predicted molar refractivity (Wildman–Crippen MR) is 113 cm³/mol. The van der Waals surface area contributed by atoms with Gasteiger partial charge in [0.1, 0.15) is 17.1 Å². The van der Waals surface area contributed by atoms with Gasteiger partial charge in [-0.25, -0.2) is 4.79 Å². The van der Waals surface area contributed by atoms with Gasteiger partial charge in [0.2, 0.25) is 0 Å². The van der Waals surface area contributed by atoms with E-state index in [9.17, 15) is 19.2 Å². The fraction of sp³-hybridized carbons (Fsp3) is 0.217. The lowest BCUT2D eigenvalue weighted by Crippen LogP contribution is -2.52. The number of hydrogen-bond donors (Lipinski definition) is 3. The van der Waals surface area contributed by atoms with Crippen LogP contribution in [-0.2, 0) is 23.4 Å². The van der Waals surface area contributed by atoms with E-state index < -0.39 is 17.5 Å². The van der Waals surface area contributed by atoms with Gasteiger partial charge in [-0.05, 0) is 41.5 Å². The van der Waals surface area contributed by atoms with Crippen molar-refractivity contribution < 1.29 is 28.3 Å². The number of nitrogens with zero attached hydrogens (tertiary/aromatic N) is 1. The number of urea groups is 1. The molecule has 1 aromatic heterocycles. The maximum absolute atomic E-state index is 13.1. The maximum atomic E-state index is 13.1. The van der Waals surface area contributed by atoms with E-state index >= 15 is 0 Å². The SMILES string of the molecule is COc1ccc2c(c1)C(=O)N(C[C@@]1(c3cc4c5c(ccc4o3)C(=O)NC5)NC(=O)NC1=O)C2. The Labute approximate surface area is 186 Å². The highest BCUT2D eigenvalue weighted by Gasteiger charge is 2.53. The first-order valence-corrected chi connectivity index (χ1v) is 10.3. The Morgan fingerprint density at radius 1 is 1.09 bits per heavy atom. The van der Waals surface area contributed by atoms with Crippen molar-refractivity contribution in [2.24, 2.45) is 0 Å². The first-order chi connectivity index (χ1) is 15.9. The summed E-state index contributed by atoms with van der Waals surface area (Å²) in [4.78, 5) is 51.9. The number of fused-ring (bicyclic) bond motifs is 4. The molecule has 0 unspecified atom stereocenters. The average molecular weight is 446 g/mol. The second-order valence-corrected chi connectivity index (χ2v) is 8.29. The minimum atomic E-state index is -1.61. The number of imide groups is 1. The van der Waals surface area contributed by atoms with Crippen LogP contribution >= 0.6 is 0 Å². The molecule has 10 nitrogen and oxygen atoms in total. The molecule has 3 aromatic rings. The van der Waals surface area contributed by atoms with Crippen LogP contribution in [0.2, 0.25) is 0 Å². The maximum Gasteiger partial charge on any atom is 0.322 e. The molecule has 166 valence electrons. The van der Waals surface area contributed by atoms with E-state index in [0.29, 0.717) is 34.4 Å². The van der Waals surface area contributed by atoms with Crippen molar-refractivity contribution >= 4 is 34.7 Å². The monoisotopic (exact) mass is 446 g/mol. The van der Waals surface area contributed by atoms with Crippen LogP contribution in [0.3, 0.4) is 0 Å². The van der Waals surface area contributed by atoms with Crippen molar-refractivity contribution in [3.63, 3.8) is 0 Å². The third kappa shape index (κ3) is 2.67. The zero-order valence-corrected chi connectivity index (χ0v) is 17.5. The average Bonchev–Trinajstić information content (AvgIpc) is 3.54. The zero-order chi connectivity index (χ0) is 22.9. The smallest absolute Gasteiger partial charge is 0.322 e. The quantitative estimate of drug-likeness (QED) is 0.519. The molecule has 0 spiro atoms. The molecule has 1 fully saturated rings. The van der Waals surface area contributed by atoms with Crippen LogP contribution in [0.4, 0.5) is 4.79 Å². The number of amides is 5. The molecule has 3 N–H and O–H groups in total. The lowest BCUT2D eigenvalue weighted by atomic mass is 9.94. The van der Waals surface area contributed by atoms with E-state index in [1.54, 1.807) is 36.4 Å². The zero-order valence-electron chi connectivity index (χ0n) is 17.5. The third-order valence-corrected chi connectivity index (χ3v) is 6.47. The normalized spacial score (nSPS) is 21.2. The molecule has 3 aliphatic rings. The number of ether oxygens (including phenoxy) is 1. The second-order valence-electron chi connectivity index (χ2n) is 8.29. The topological polar surface area (TPSA) is 130 Å². The number of furan rings is 1. The summed E-state index contributed by atoms with van der Waals surface area (Å²) >= 11 is 0. The van der Waals surface area contributed by atoms with Crippen LogP contribution in [0.15, 0.2) is 40.8 Å². The number of benzene rings is 2. The van der Waals surface area contributed by atoms with E-state index in [4.69, 9.17) is 9.15 Å². The van der Waals surface area contributed by atoms with E-state index in [0.717, 1.165) is 11.1 Å². The van der Waals surface area contributed by atoms with Crippen LogP contribution in [0.1, 0.15) is 37.6 Å². The lowest BCUT2D eigenvalue weighted by Gasteiger charge is -2.29. The standard InChI is InChI=1S/C23H18N4O6/c1-32-12-3-2-11-9-27(20(29)14(11)6-12)10-23(21(30)25-22(31)26-23)18-7-15-16-8-24-19(28)13(16)4-5-17(15)33-18/h2-7H,8-10H2,1H3,(H,24,28)(H2,25,26,30,31)/t23-/m0/s1. The molecule has 2 aromatic carbocycles. The van der Waals surface area contributed by atoms with E-state index in [2.05, 4.69) is 16.0 Å². The molecule has 4 heterocycles. The first-order valence-electron chi connectivity index (χ1n) is 10.3.